The van der Waals surface area contributed by atoms with Crippen molar-refractivity contribution < 1.29 is 9.53 Å². The lowest BCUT2D eigenvalue weighted by Gasteiger charge is -2.39. The quantitative estimate of drug-likeness (QED) is 0.776. The number of hydrogen-bond acceptors (Lipinski definition) is 3. The molecule has 3 unspecified atom stereocenters. The normalized spacial score (nSPS) is 28.6. The SMILES string of the molecule is CCC(C)(C(=O)N1CC(C)OC(C)C1)C(N)=S. The van der Waals surface area contributed by atoms with Gasteiger partial charge < -0.3 is 15.4 Å². The molecule has 1 rings (SSSR count). The first-order valence-corrected chi connectivity index (χ1v) is 6.46. The molecule has 0 aliphatic carbocycles. The highest BCUT2D eigenvalue weighted by molar-refractivity contribution is 7.80. The number of amides is 1. The van der Waals surface area contributed by atoms with Gasteiger partial charge in [0.1, 0.15) is 0 Å². The molecule has 5 heteroatoms. The highest BCUT2D eigenvalue weighted by atomic mass is 32.1. The van der Waals surface area contributed by atoms with E-state index in [0.29, 0.717) is 19.5 Å². The molecule has 0 aromatic heterocycles. The summed E-state index contributed by atoms with van der Waals surface area (Å²) in [6.07, 6.45) is 0.756. The van der Waals surface area contributed by atoms with Crippen molar-refractivity contribution in [2.45, 2.75) is 46.3 Å². The van der Waals surface area contributed by atoms with E-state index in [9.17, 15) is 4.79 Å². The first-order valence-electron chi connectivity index (χ1n) is 6.06. The Kier molecular flexibility index (Phi) is 4.49. The molecular formula is C12H22N2O2S. The smallest absolute Gasteiger partial charge is 0.235 e. The summed E-state index contributed by atoms with van der Waals surface area (Å²) in [5.74, 6) is 0.0227. The zero-order valence-corrected chi connectivity index (χ0v) is 11.8. The number of hydrogen-bond donors (Lipinski definition) is 1. The summed E-state index contributed by atoms with van der Waals surface area (Å²) in [5.41, 5.74) is 4.98. The summed E-state index contributed by atoms with van der Waals surface area (Å²) in [6.45, 7) is 8.93. The van der Waals surface area contributed by atoms with Gasteiger partial charge in [-0.25, -0.2) is 0 Å². The van der Waals surface area contributed by atoms with E-state index in [-0.39, 0.29) is 23.1 Å². The molecule has 1 heterocycles. The molecule has 0 bridgehead atoms. The third-order valence-electron chi connectivity index (χ3n) is 3.43. The van der Waals surface area contributed by atoms with Crippen molar-refractivity contribution in [3.05, 3.63) is 0 Å². The molecule has 0 spiro atoms. The summed E-state index contributed by atoms with van der Waals surface area (Å²) in [5, 5.41) is 0. The summed E-state index contributed by atoms with van der Waals surface area (Å²) in [4.78, 5) is 14.6. The van der Waals surface area contributed by atoms with E-state index in [1.807, 2.05) is 32.6 Å². The van der Waals surface area contributed by atoms with Gasteiger partial charge in [0.25, 0.3) is 0 Å². The molecule has 0 aromatic carbocycles. The third kappa shape index (κ3) is 2.96. The van der Waals surface area contributed by atoms with Crippen LogP contribution in [0.2, 0.25) is 0 Å². The molecule has 17 heavy (non-hydrogen) atoms. The molecular weight excluding hydrogens is 236 g/mol. The summed E-state index contributed by atoms with van der Waals surface area (Å²) >= 11 is 5.03. The number of carbonyl (C=O) groups excluding carboxylic acids is 1. The van der Waals surface area contributed by atoms with Gasteiger partial charge in [0.05, 0.1) is 22.6 Å². The maximum atomic E-state index is 12.5. The molecule has 98 valence electrons. The lowest BCUT2D eigenvalue weighted by molar-refractivity contribution is -0.149. The van der Waals surface area contributed by atoms with E-state index < -0.39 is 5.41 Å². The van der Waals surface area contributed by atoms with Gasteiger partial charge in [-0.05, 0) is 27.2 Å². The fraction of sp³-hybridized carbons (Fsp3) is 0.833. The average Bonchev–Trinajstić information content (AvgIpc) is 2.25. The number of thiocarbonyl (C=S) groups is 1. The predicted molar refractivity (Wildman–Crippen MR) is 71.8 cm³/mol. The topological polar surface area (TPSA) is 55.6 Å². The zero-order chi connectivity index (χ0) is 13.2. The first-order chi connectivity index (χ1) is 7.81. The number of nitrogens with two attached hydrogens (primary N) is 1. The van der Waals surface area contributed by atoms with Crippen molar-refractivity contribution in [1.29, 1.82) is 0 Å². The van der Waals surface area contributed by atoms with Gasteiger partial charge in [-0.1, -0.05) is 19.1 Å². The molecule has 1 fully saturated rings. The molecule has 1 amide bonds. The van der Waals surface area contributed by atoms with Gasteiger partial charge >= 0.3 is 0 Å². The molecule has 0 radical (unpaired) electrons. The Labute approximate surface area is 108 Å². The third-order valence-corrected chi connectivity index (χ3v) is 3.88. The van der Waals surface area contributed by atoms with E-state index in [1.165, 1.54) is 0 Å². The van der Waals surface area contributed by atoms with E-state index in [4.69, 9.17) is 22.7 Å². The van der Waals surface area contributed by atoms with Crippen molar-refractivity contribution in [3.63, 3.8) is 0 Å². The van der Waals surface area contributed by atoms with Crippen molar-refractivity contribution in [2.75, 3.05) is 13.1 Å². The van der Waals surface area contributed by atoms with Crippen molar-refractivity contribution >= 4 is 23.1 Å². The Hall–Kier alpha value is -0.680. The van der Waals surface area contributed by atoms with Crippen LogP contribution in [0.3, 0.4) is 0 Å². The highest BCUT2D eigenvalue weighted by Crippen LogP contribution is 2.26. The lowest BCUT2D eigenvalue weighted by atomic mass is 9.85. The number of rotatable bonds is 3. The maximum absolute atomic E-state index is 12.5. The molecule has 2 N–H and O–H groups in total. The van der Waals surface area contributed by atoms with Crippen LogP contribution in [0, 0.1) is 5.41 Å². The number of ether oxygens (including phenoxy) is 1. The summed E-state index contributed by atoms with van der Waals surface area (Å²) < 4.78 is 5.62. The number of carbonyl (C=O) groups is 1. The van der Waals surface area contributed by atoms with Gasteiger partial charge in [-0.3, -0.25) is 4.79 Å². The molecule has 1 saturated heterocycles. The van der Waals surface area contributed by atoms with E-state index in [2.05, 4.69) is 0 Å². The number of morpholine rings is 1. The standard InChI is InChI=1S/C12H22N2O2S/c1-5-12(4,10(13)17)11(15)14-6-8(2)16-9(3)7-14/h8-9H,5-7H2,1-4H3,(H2,13,17). The zero-order valence-electron chi connectivity index (χ0n) is 11.0. The van der Waals surface area contributed by atoms with Gasteiger partial charge in [-0.2, -0.15) is 0 Å². The fourth-order valence-electron chi connectivity index (χ4n) is 2.12. The van der Waals surface area contributed by atoms with E-state index >= 15 is 0 Å². The van der Waals surface area contributed by atoms with Gasteiger partial charge in [0.15, 0.2) is 0 Å². The Balaban J connectivity index is 2.84. The van der Waals surface area contributed by atoms with Gasteiger partial charge in [-0.15, -0.1) is 0 Å². The van der Waals surface area contributed by atoms with Crippen molar-refractivity contribution in [3.8, 4) is 0 Å². The molecule has 0 saturated carbocycles. The minimum absolute atomic E-state index is 0.0227. The second-order valence-corrected chi connectivity index (χ2v) is 5.46. The number of nitrogens with zero attached hydrogens (tertiary/aromatic N) is 1. The van der Waals surface area contributed by atoms with Gasteiger partial charge in [0, 0.05) is 13.1 Å². The Morgan fingerprint density at radius 1 is 1.47 bits per heavy atom. The maximum Gasteiger partial charge on any atom is 0.235 e. The van der Waals surface area contributed by atoms with Crippen LogP contribution in [0.4, 0.5) is 0 Å². The van der Waals surface area contributed by atoms with Crippen LogP contribution in [0.15, 0.2) is 0 Å². The van der Waals surface area contributed by atoms with Crippen molar-refractivity contribution in [2.24, 2.45) is 11.1 Å². The van der Waals surface area contributed by atoms with Crippen LogP contribution in [0.25, 0.3) is 0 Å². The Morgan fingerprint density at radius 3 is 2.29 bits per heavy atom. The highest BCUT2D eigenvalue weighted by Gasteiger charge is 2.40. The molecule has 0 aromatic rings. The van der Waals surface area contributed by atoms with Crippen molar-refractivity contribution in [1.82, 2.24) is 4.90 Å². The predicted octanol–water partition coefficient (Wildman–Crippen LogP) is 1.32. The van der Waals surface area contributed by atoms with Crippen LogP contribution in [-0.2, 0) is 9.53 Å². The molecule has 3 atom stereocenters. The van der Waals surface area contributed by atoms with E-state index in [1.54, 1.807) is 0 Å². The van der Waals surface area contributed by atoms with Crippen LogP contribution >= 0.6 is 12.2 Å². The van der Waals surface area contributed by atoms with Crippen LogP contribution in [-0.4, -0.2) is 41.1 Å². The minimum Gasteiger partial charge on any atom is -0.392 e. The minimum atomic E-state index is -0.730. The van der Waals surface area contributed by atoms with E-state index in [0.717, 1.165) is 0 Å². The monoisotopic (exact) mass is 258 g/mol. The van der Waals surface area contributed by atoms with Gasteiger partial charge in [0.2, 0.25) is 5.91 Å². The van der Waals surface area contributed by atoms with Crippen LogP contribution in [0.1, 0.15) is 34.1 Å². The Bertz CT molecular complexity index is 312. The summed E-state index contributed by atoms with van der Waals surface area (Å²) in [6, 6.07) is 0. The Morgan fingerprint density at radius 2 is 1.94 bits per heavy atom. The second-order valence-electron chi connectivity index (χ2n) is 5.02. The molecule has 1 aliphatic heterocycles. The first kappa shape index (κ1) is 14.4. The molecule has 4 nitrogen and oxygen atoms in total. The average molecular weight is 258 g/mol. The lowest BCUT2D eigenvalue weighted by Crippen LogP contribution is -2.55. The largest absolute Gasteiger partial charge is 0.392 e. The fourth-order valence-corrected chi connectivity index (χ4v) is 2.36. The molecule has 1 aliphatic rings. The summed E-state index contributed by atoms with van der Waals surface area (Å²) in [7, 11) is 0. The van der Waals surface area contributed by atoms with Crippen LogP contribution < -0.4 is 5.73 Å². The van der Waals surface area contributed by atoms with Crippen LogP contribution in [0.5, 0.6) is 0 Å². The second kappa shape index (κ2) is 5.31.